The first-order chi connectivity index (χ1) is 11.3. The van der Waals surface area contributed by atoms with Gasteiger partial charge in [0.1, 0.15) is 6.33 Å². The number of benzene rings is 1. The molecule has 1 amide bonds. The van der Waals surface area contributed by atoms with Gasteiger partial charge in [-0.05, 0) is 30.9 Å². The molecule has 0 aliphatic carbocycles. The van der Waals surface area contributed by atoms with Crippen molar-refractivity contribution in [3.63, 3.8) is 0 Å². The third-order valence-electron chi connectivity index (χ3n) is 3.61. The second-order valence-corrected chi connectivity index (χ2v) is 8.19. The van der Waals surface area contributed by atoms with Crippen LogP contribution in [0.2, 0.25) is 0 Å². The summed E-state index contributed by atoms with van der Waals surface area (Å²) < 4.78 is 26.9. The molecule has 1 atom stereocenters. The quantitative estimate of drug-likeness (QED) is 0.868. The summed E-state index contributed by atoms with van der Waals surface area (Å²) in [7, 11) is -3.73. The van der Waals surface area contributed by atoms with Gasteiger partial charge in [-0.25, -0.2) is 23.1 Å². The van der Waals surface area contributed by atoms with Crippen LogP contribution in [0.25, 0.3) is 11.1 Å². The average Bonchev–Trinajstić information content (AvgIpc) is 2.54. The molecule has 6 nitrogen and oxygen atoms in total. The highest BCUT2D eigenvalue weighted by atomic mass is 32.2. The predicted molar refractivity (Wildman–Crippen MR) is 92.8 cm³/mol. The molecule has 1 N–H and O–H groups in total. The summed E-state index contributed by atoms with van der Waals surface area (Å²) in [4.78, 5) is 20.4. The van der Waals surface area contributed by atoms with Gasteiger partial charge in [0.25, 0.3) is 5.91 Å². The lowest BCUT2D eigenvalue weighted by molar-refractivity contribution is 0.0981. The molecular formula is C17H21N3O3S. The molecule has 0 fully saturated rings. The normalized spacial score (nSPS) is 12.8. The van der Waals surface area contributed by atoms with Crippen molar-refractivity contribution < 1.29 is 13.2 Å². The maximum Gasteiger partial charge on any atom is 0.265 e. The summed E-state index contributed by atoms with van der Waals surface area (Å²) in [6.45, 7) is 5.49. The van der Waals surface area contributed by atoms with Gasteiger partial charge in [0, 0.05) is 23.5 Å². The molecule has 7 heteroatoms. The largest absolute Gasteiger partial charge is 0.268 e. The van der Waals surface area contributed by atoms with Crippen molar-refractivity contribution in [3.8, 4) is 11.1 Å². The van der Waals surface area contributed by atoms with Crippen molar-refractivity contribution in [2.75, 3.05) is 0 Å². The fourth-order valence-electron chi connectivity index (χ4n) is 2.45. The smallest absolute Gasteiger partial charge is 0.265 e. The van der Waals surface area contributed by atoms with Crippen LogP contribution in [0.15, 0.2) is 43.0 Å². The highest BCUT2D eigenvalue weighted by Crippen LogP contribution is 2.22. The van der Waals surface area contributed by atoms with Crippen LogP contribution in [0.3, 0.4) is 0 Å². The lowest BCUT2D eigenvalue weighted by Crippen LogP contribution is -2.37. The van der Waals surface area contributed by atoms with Crippen LogP contribution >= 0.6 is 0 Å². The zero-order chi connectivity index (χ0) is 17.7. The number of hydrogen-bond donors (Lipinski definition) is 1. The molecule has 128 valence electrons. The van der Waals surface area contributed by atoms with Crippen LogP contribution < -0.4 is 4.72 Å². The van der Waals surface area contributed by atoms with E-state index in [1.54, 1.807) is 43.6 Å². The Kier molecular flexibility index (Phi) is 5.66. The lowest BCUT2D eigenvalue weighted by Gasteiger charge is -2.16. The van der Waals surface area contributed by atoms with Crippen LogP contribution in [-0.4, -0.2) is 29.5 Å². The van der Waals surface area contributed by atoms with Gasteiger partial charge in [0.15, 0.2) is 0 Å². The predicted octanol–water partition coefficient (Wildman–Crippen LogP) is 2.64. The summed E-state index contributed by atoms with van der Waals surface area (Å²) in [6.07, 6.45) is 5.03. The highest BCUT2D eigenvalue weighted by Gasteiger charge is 2.25. The summed E-state index contributed by atoms with van der Waals surface area (Å²) in [5.74, 6) is -0.425. The molecule has 1 heterocycles. The molecule has 0 aliphatic rings. The summed E-state index contributed by atoms with van der Waals surface area (Å²) >= 11 is 0. The maximum atomic E-state index is 12.5. The zero-order valence-corrected chi connectivity index (χ0v) is 14.7. The Morgan fingerprint density at radius 2 is 1.75 bits per heavy atom. The zero-order valence-electron chi connectivity index (χ0n) is 13.9. The van der Waals surface area contributed by atoms with E-state index in [-0.39, 0.29) is 11.5 Å². The number of rotatable bonds is 6. The van der Waals surface area contributed by atoms with Crippen LogP contribution in [0.4, 0.5) is 0 Å². The molecule has 0 aliphatic heterocycles. The number of sulfonamides is 1. The average molecular weight is 347 g/mol. The fraction of sp³-hybridized carbons (Fsp3) is 0.353. The number of nitrogens with one attached hydrogen (secondary N) is 1. The molecule has 0 saturated heterocycles. The molecule has 1 aromatic heterocycles. The van der Waals surface area contributed by atoms with Gasteiger partial charge in [-0.15, -0.1) is 0 Å². The molecule has 0 bridgehead atoms. The van der Waals surface area contributed by atoms with Gasteiger partial charge in [-0.2, -0.15) is 0 Å². The molecule has 0 unspecified atom stereocenters. The van der Waals surface area contributed by atoms with Crippen LogP contribution in [0.5, 0.6) is 0 Å². The summed E-state index contributed by atoms with van der Waals surface area (Å²) in [5.41, 5.74) is 1.51. The number of amides is 1. The molecule has 0 spiro atoms. The van der Waals surface area contributed by atoms with Crippen molar-refractivity contribution in [3.05, 3.63) is 48.5 Å². The number of nitrogens with zero attached hydrogens (tertiary/aromatic N) is 2. The Balaban J connectivity index is 2.28. The van der Waals surface area contributed by atoms with Gasteiger partial charge >= 0.3 is 0 Å². The van der Waals surface area contributed by atoms with Gasteiger partial charge in [0.05, 0.1) is 5.25 Å². The van der Waals surface area contributed by atoms with Crippen molar-refractivity contribution in [1.29, 1.82) is 0 Å². The summed E-state index contributed by atoms with van der Waals surface area (Å²) in [5, 5.41) is -0.645. The van der Waals surface area contributed by atoms with E-state index >= 15 is 0 Å². The lowest BCUT2D eigenvalue weighted by atomic mass is 10.0. The molecule has 2 aromatic rings. The van der Waals surface area contributed by atoms with Crippen molar-refractivity contribution in [1.82, 2.24) is 14.7 Å². The summed E-state index contributed by atoms with van der Waals surface area (Å²) in [6, 6.07) is 6.78. The molecule has 2 rings (SSSR count). The van der Waals surface area contributed by atoms with E-state index in [2.05, 4.69) is 14.7 Å². The van der Waals surface area contributed by atoms with Gasteiger partial charge < -0.3 is 0 Å². The number of aromatic nitrogens is 2. The van der Waals surface area contributed by atoms with Gasteiger partial charge in [-0.1, -0.05) is 32.0 Å². The highest BCUT2D eigenvalue weighted by molar-refractivity contribution is 7.90. The second kappa shape index (κ2) is 7.53. The monoisotopic (exact) mass is 347 g/mol. The third kappa shape index (κ3) is 4.38. The number of hydrogen-bond acceptors (Lipinski definition) is 5. The molecular weight excluding hydrogens is 326 g/mol. The van der Waals surface area contributed by atoms with Crippen molar-refractivity contribution in [2.45, 2.75) is 32.4 Å². The van der Waals surface area contributed by atoms with Crippen LogP contribution in [-0.2, 0) is 10.0 Å². The van der Waals surface area contributed by atoms with E-state index in [9.17, 15) is 13.2 Å². The first kappa shape index (κ1) is 18.1. The van der Waals surface area contributed by atoms with Crippen LogP contribution in [0, 0.1) is 5.92 Å². The van der Waals surface area contributed by atoms with Crippen molar-refractivity contribution >= 4 is 15.9 Å². The second-order valence-electron chi connectivity index (χ2n) is 6.09. The maximum absolute atomic E-state index is 12.5. The Labute approximate surface area is 142 Å². The number of carbonyl (C=O) groups excluding carboxylic acids is 1. The molecule has 0 radical (unpaired) electrons. The standard InChI is InChI=1S/C17H21N3O3S/c1-12(2)8-13(3)24(22,23)20-17(21)16-7-5-4-6-15(16)14-9-18-11-19-10-14/h4-7,9-13H,8H2,1-3H3,(H,20,21)/t13-/m0/s1. The van der Waals surface area contributed by atoms with E-state index in [0.29, 0.717) is 17.5 Å². The van der Waals surface area contributed by atoms with Gasteiger partial charge in [0.2, 0.25) is 10.0 Å². The molecule has 24 heavy (non-hydrogen) atoms. The molecule has 0 saturated carbocycles. The van der Waals surface area contributed by atoms with Crippen LogP contribution in [0.1, 0.15) is 37.6 Å². The topological polar surface area (TPSA) is 89.0 Å². The minimum atomic E-state index is -3.73. The minimum absolute atomic E-state index is 0.223. The Morgan fingerprint density at radius 1 is 1.12 bits per heavy atom. The van der Waals surface area contributed by atoms with E-state index in [1.165, 1.54) is 6.33 Å². The fourth-order valence-corrected chi connectivity index (χ4v) is 3.65. The Bertz CT molecular complexity index is 805. The van der Waals surface area contributed by atoms with E-state index in [1.807, 2.05) is 13.8 Å². The van der Waals surface area contributed by atoms with E-state index < -0.39 is 21.2 Å². The molecule has 1 aromatic carbocycles. The van der Waals surface area contributed by atoms with E-state index in [4.69, 9.17) is 0 Å². The Morgan fingerprint density at radius 3 is 2.38 bits per heavy atom. The minimum Gasteiger partial charge on any atom is -0.268 e. The van der Waals surface area contributed by atoms with E-state index in [0.717, 1.165) is 0 Å². The first-order valence-electron chi connectivity index (χ1n) is 7.71. The first-order valence-corrected chi connectivity index (χ1v) is 9.26. The number of carbonyl (C=O) groups is 1. The van der Waals surface area contributed by atoms with Gasteiger partial charge in [-0.3, -0.25) is 4.79 Å². The third-order valence-corrected chi connectivity index (χ3v) is 5.33. The van der Waals surface area contributed by atoms with Crippen molar-refractivity contribution in [2.24, 2.45) is 5.92 Å². The Hall–Kier alpha value is -2.28. The SMILES string of the molecule is CC(C)C[C@H](C)S(=O)(=O)NC(=O)c1ccccc1-c1cncnc1.